The molecule has 1 atom stereocenters. The smallest absolute Gasteiger partial charge is 0.407 e. The second kappa shape index (κ2) is 10.3. The van der Waals surface area contributed by atoms with Gasteiger partial charge < -0.3 is 20.1 Å². The molecule has 1 aliphatic carbocycles. The highest BCUT2D eigenvalue weighted by atomic mass is 16.5. The van der Waals surface area contributed by atoms with Gasteiger partial charge in [0.2, 0.25) is 5.91 Å². The molecule has 7 heteroatoms. The van der Waals surface area contributed by atoms with Crippen molar-refractivity contribution in [3.63, 3.8) is 0 Å². The average Bonchev–Trinajstić information content (AvgIpc) is 3.08. The van der Waals surface area contributed by atoms with E-state index in [1.54, 1.807) is 6.92 Å². The van der Waals surface area contributed by atoms with Crippen LogP contribution in [0.3, 0.4) is 0 Å². The number of amides is 2. The van der Waals surface area contributed by atoms with E-state index in [9.17, 15) is 14.4 Å². The molecule has 1 aliphatic rings. The molecule has 0 radical (unpaired) electrons. The fourth-order valence-electron chi connectivity index (χ4n) is 4.20. The first-order chi connectivity index (χ1) is 15.3. The van der Waals surface area contributed by atoms with Crippen LogP contribution in [-0.4, -0.2) is 53.7 Å². The molecule has 0 saturated heterocycles. The first-order valence-electron chi connectivity index (χ1n) is 10.9. The van der Waals surface area contributed by atoms with E-state index in [1.165, 1.54) is 4.90 Å². The van der Waals surface area contributed by atoms with Crippen molar-refractivity contribution in [3.8, 4) is 11.1 Å². The Morgan fingerprint density at radius 3 is 2.09 bits per heavy atom. The van der Waals surface area contributed by atoms with Crippen molar-refractivity contribution in [2.75, 3.05) is 19.7 Å². The van der Waals surface area contributed by atoms with Gasteiger partial charge in [-0.15, -0.1) is 0 Å². The molecule has 7 nitrogen and oxygen atoms in total. The number of hydrogen-bond donors (Lipinski definition) is 2. The van der Waals surface area contributed by atoms with Crippen LogP contribution in [0.25, 0.3) is 11.1 Å². The molecule has 32 heavy (non-hydrogen) atoms. The predicted molar refractivity (Wildman–Crippen MR) is 121 cm³/mol. The molecule has 2 aromatic rings. The summed E-state index contributed by atoms with van der Waals surface area (Å²) in [7, 11) is 0. The van der Waals surface area contributed by atoms with Crippen molar-refractivity contribution in [2.45, 2.75) is 39.2 Å². The largest absolute Gasteiger partial charge is 0.480 e. The predicted octanol–water partition coefficient (Wildman–Crippen LogP) is 3.87. The summed E-state index contributed by atoms with van der Waals surface area (Å²) in [6.45, 7) is 5.57. The molecule has 0 unspecified atom stereocenters. The van der Waals surface area contributed by atoms with Gasteiger partial charge >= 0.3 is 12.1 Å². The van der Waals surface area contributed by atoms with Gasteiger partial charge in [0, 0.05) is 12.5 Å². The highest BCUT2D eigenvalue weighted by Crippen LogP contribution is 2.44. The number of hydrogen-bond acceptors (Lipinski definition) is 4. The summed E-state index contributed by atoms with van der Waals surface area (Å²) in [6, 6.07) is 15.3. The van der Waals surface area contributed by atoms with Crippen molar-refractivity contribution >= 4 is 18.0 Å². The maximum atomic E-state index is 12.9. The highest BCUT2D eigenvalue weighted by molar-refractivity contribution is 5.88. The summed E-state index contributed by atoms with van der Waals surface area (Å²) >= 11 is 0. The Kier molecular flexibility index (Phi) is 7.51. The Hall–Kier alpha value is -3.35. The van der Waals surface area contributed by atoms with Crippen molar-refractivity contribution in [3.05, 3.63) is 59.7 Å². The lowest BCUT2D eigenvalue weighted by Crippen LogP contribution is -2.50. The lowest BCUT2D eigenvalue weighted by molar-refractivity contribution is -0.145. The Balaban J connectivity index is 1.69. The van der Waals surface area contributed by atoms with Gasteiger partial charge in [0.05, 0.1) is 0 Å². The van der Waals surface area contributed by atoms with Gasteiger partial charge in [0.1, 0.15) is 19.2 Å². The number of fused-ring (bicyclic) bond motifs is 3. The molecule has 0 bridgehead atoms. The summed E-state index contributed by atoms with van der Waals surface area (Å²) in [6.07, 6.45) is -0.295. The third-order valence-electron chi connectivity index (χ3n) is 5.66. The summed E-state index contributed by atoms with van der Waals surface area (Å²) in [5.41, 5.74) is 4.49. The maximum absolute atomic E-state index is 12.9. The Morgan fingerprint density at radius 2 is 1.59 bits per heavy atom. The topological polar surface area (TPSA) is 95.9 Å². The molecule has 0 spiro atoms. The third-order valence-corrected chi connectivity index (χ3v) is 5.66. The molecular weight excluding hydrogens is 408 g/mol. The number of carboxylic acids is 1. The number of nitrogens with zero attached hydrogens (tertiary/aromatic N) is 1. The highest BCUT2D eigenvalue weighted by Gasteiger charge is 2.31. The lowest BCUT2D eigenvalue weighted by Gasteiger charge is -2.26. The van der Waals surface area contributed by atoms with Crippen molar-refractivity contribution in [1.82, 2.24) is 10.2 Å². The van der Waals surface area contributed by atoms with Crippen LogP contribution >= 0.6 is 0 Å². The SMILES string of the molecule is CCN(CC(=O)O)C(=O)[C@@H](CC(C)C)NC(=O)OCC1c2ccccc2-c2ccccc21. The van der Waals surface area contributed by atoms with Crippen LogP contribution in [0.15, 0.2) is 48.5 Å². The number of ether oxygens (including phenoxy) is 1. The van der Waals surface area contributed by atoms with Crippen LogP contribution in [-0.2, 0) is 14.3 Å². The number of aliphatic carboxylic acids is 1. The minimum Gasteiger partial charge on any atom is -0.480 e. The van der Waals surface area contributed by atoms with E-state index < -0.39 is 30.6 Å². The molecule has 170 valence electrons. The average molecular weight is 439 g/mol. The monoisotopic (exact) mass is 438 g/mol. The quantitative estimate of drug-likeness (QED) is 0.620. The van der Waals surface area contributed by atoms with Crippen LogP contribution in [0.1, 0.15) is 44.2 Å². The van der Waals surface area contributed by atoms with E-state index >= 15 is 0 Å². The summed E-state index contributed by atoms with van der Waals surface area (Å²) in [5, 5.41) is 11.7. The van der Waals surface area contributed by atoms with Crippen molar-refractivity contribution < 1.29 is 24.2 Å². The fraction of sp³-hybridized carbons (Fsp3) is 0.400. The summed E-state index contributed by atoms with van der Waals surface area (Å²) in [4.78, 5) is 37.8. The number of carboxylic acid groups (broad SMARTS) is 1. The summed E-state index contributed by atoms with van der Waals surface area (Å²) in [5.74, 6) is -1.46. The van der Waals surface area contributed by atoms with Gasteiger partial charge in [-0.05, 0) is 41.5 Å². The Bertz CT molecular complexity index is 942. The number of likely N-dealkylation sites (N-methyl/N-ethyl adjacent to an activating group) is 1. The van der Waals surface area contributed by atoms with Gasteiger partial charge in [-0.3, -0.25) is 9.59 Å². The molecule has 0 saturated carbocycles. The van der Waals surface area contributed by atoms with E-state index in [2.05, 4.69) is 17.4 Å². The molecule has 2 N–H and O–H groups in total. The van der Waals surface area contributed by atoms with Crippen LogP contribution < -0.4 is 5.32 Å². The normalized spacial score (nSPS) is 13.2. The van der Waals surface area contributed by atoms with E-state index in [4.69, 9.17) is 9.84 Å². The van der Waals surface area contributed by atoms with E-state index in [-0.39, 0.29) is 25.0 Å². The zero-order valence-electron chi connectivity index (χ0n) is 18.7. The van der Waals surface area contributed by atoms with Crippen molar-refractivity contribution in [1.29, 1.82) is 0 Å². The van der Waals surface area contributed by atoms with Gasteiger partial charge in [0.25, 0.3) is 0 Å². The molecule has 2 amide bonds. The number of carbonyl (C=O) groups excluding carboxylic acids is 2. The Labute approximate surface area is 188 Å². The van der Waals surface area contributed by atoms with E-state index in [1.807, 2.05) is 50.2 Å². The first-order valence-corrected chi connectivity index (χ1v) is 10.9. The van der Waals surface area contributed by atoms with Gasteiger partial charge in [0.15, 0.2) is 0 Å². The zero-order valence-corrected chi connectivity index (χ0v) is 18.7. The third kappa shape index (κ3) is 5.28. The van der Waals surface area contributed by atoms with E-state index in [0.29, 0.717) is 6.42 Å². The molecule has 0 aromatic heterocycles. The molecular formula is C25H30N2O5. The molecule has 0 fully saturated rings. The maximum Gasteiger partial charge on any atom is 0.407 e. The number of alkyl carbamates (subject to hydrolysis) is 1. The minimum absolute atomic E-state index is 0.0773. The molecule has 0 heterocycles. The molecule has 0 aliphatic heterocycles. The number of rotatable bonds is 9. The van der Waals surface area contributed by atoms with Crippen LogP contribution in [0.2, 0.25) is 0 Å². The second-order valence-electron chi connectivity index (χ2n) is 8.40. The number of benzene rings is 2. The zero-order chi connectivity index (χ0) is 23.3. The fourth-order valence-corrected chi connectivity index (χ4v) is 4.20. The lowest BCUT2D eigenvalue weighted by atomic mass is 9.98. The molecule has 2 aromatic carbocycles. The van der Waals surface area contributed by atoms with Crippen LogP contribution in [0.5, 0.6) is 0 Å². The van der Waals surface area contributed by atoms with E-state index in [0.717, 1.165) is 22.3 Å². The van der Waals surface area contributed by atoms with Gasteiger partial charge in [-0.25, -0.2) is 4.79 Å². The van der Waals surface area contributed by atoms with Gasteiger partial charge in [-0.2, -0.15) is 0 Å². The second-order valence-corrected chi connectivity index (χ2v) is 8.40. The summed E-state index contributed by atoms with van der Waals surface area (Å²) < 4.78 is 5.56. The van der Waals surface area contributed by atoms with Crippen LogP contribution in [0, 0.1) is 5.92 Å². The molecule has 3 rings (SSSR count). The standard InChI is InChI=1S/C25H30N2O5/c1-4-27(14-23(28)29)24(30)22(13-16(2)3)26-25(31)32-15-21-19-11-7-5-9-17(19)18-10-6-8-12-20(18)21/h5-12,16,21-22H,4,13-15H2,1-3H3,(H,26,31)(H,28,29)/t22-/m1/s1. The van der Waals surface area contributed by atoms with Crippen LogP contribution in [0.4, 0.5) is 4.79 Å². The Morgan fingerprint density at radius 1 is 1.03 bits per heavy atom. The van der Waals surface area contributed by atoms with Gasteiger partial charge in [-0.1, -0.05) is 62.4 Å². The minimum atomic E-state index is -1.09. The van der Waals surface area contributed by atoms with Crippen molar-refractivity contribution in [2.24, 2.45) is 5.92 Å². The number of carbonyl (C=O) groups is 3. The number of nitrogens with one attached hydrogen (secondary N) is 1. The first kappa shape index (κ1) is 23.3.